The second kappa shape index (κ2) is 8.93. The molecule has 0 aliphatic carbocycles. The van der Waals surface area contributed by atoms with Gasteiger partial charge in [0.2, 0.25) is 0 Å². The topological polar surface area (TPSA) is 57.7 Å². The van der Waals surface area contributed by atoms with Crippen LogP contribution in [0, 0.1) is 6.92 Å². The summed E-state index contributed by atoms with van der Waals surface area (Å²) >= 11 is 0. The zero-order valence-corrected chi connectivity index (χ0v) is 17.4. The number of carbonyl (C=O) groups is 1. The summed E-state index contributed by atoms with van der Waals surface area (Å²) in [6.45, 7) is 7.46. The van der Waals surface area contributed by atoms with Crippen molar-refractivity contribution in [2.45, 2.75) is 32.4 Å². The van der Waals surface area contributed by atoms with Gasteiger partial charge in [0.15, 0.2) is 0 Å². The normalized spacial score (nSPS) is 20.1. The first-order chi connectivity index (χ1) is 14.2. The van der Waals surface area contributed by atoms with Gasteiger partial charge in [0.25, 0.3) is 5.91 Å². The van der Waals surface area contributed by atoms with Gasteiger partial charge in [-0.15, -0.1) is 0 Å². The van der Waals surface area contributed by atoms with E-state index in [1.165, 1.54) is 17.7 Å². The third-order valence-corrected chi connectivity index (χ3v) is 5.98. The first kappa shape index (κ1) is 19.9. The van der Waals surface area contributed by atoms with Crippen molar-refractivity contribution in [1.29, 1.82) is 0 Å². The van der Waals surface area contributed by atoms with Crippen LogP contribution in [0.3, 0.4) is 0 Å². The van der Waals surface area contributed by atoms with Crippen LogP contribution < -0.4 is 10.2 Å². The van der Waals surface area contributed by atoms with Crippen molar-refractivity contribution in [3.8, 4) is 0 Å². The number of pyridine rings is 1. The highest BCUT2D eigenvalue weighted by Gasteiger charge is 2.27. The van der Waals surface area contributed by atoms with E-state index < -0.39 is 0 Å². The number of hydrogen-bond donors (Lipinski definition) is 1. The highest BCUT2D eigenvalue weighted by molar-refractivity contribution is 5.94. The zero-order chi connectivity index (χ0) is 20.2. The Morgan fingerprint density at radius 3 is 2.59 bits per heavy atom. The summed E-state index contributed by atoms with van der Waals surface area (Å²) in [6.07, 6.45) is 2.28. The van der Waals surface area contributed by atoms with E-state index in [4.69, 9.17) is 9.72 Å². The number of benzene rings is 1. The second-order valence-electron chi connectivity index (χ2n) is 7.84. The molecule has 2 aliphatic rings. The molecule has 3 heterocycles. The van der Waals surface area contributed by atoms with Crippen LogP contribution in [0.5, 0.6) is 0 Å². The van der Waals surface area contributed by atoms with Gasteiger partial charge in [0.05, 0.1) is 36.2 Å². The van der Waals surface area contributed by atoms with Crippen LogP contribution >= 0.6 is 0 Å². The molecule has 0 radical (unpaired) electrons. The Morgan fingerprint density at radius 2 is 1.90 bits per heavy atom. The first-order valence-electron chi connectivity index (χ1n) is 10.5. The van der Waals surface area contributed by atoms with Gasteiger partial charge in [-0.3, -0.25) is 14.7 Å². The van der Waals surface area contributed by atoms with Gasteiger partial charge in [-0.25, -0.2) is 0 Å². The van der Waals surface area contributed by atoms with Gasteiger partial charge in [0, 0.05) is 32.4 Å². The minimum Gasteiger partial charge on any atom is -0.378 e. The Kier molecular flexibility index (Phi) is 6.11. The summed E-state index contributed by atoms with van der Waals surface area (Å²) in [5.74, 6) is -0.0785. The summed E-state index contributed by atoms with van der Waals surface area (Å²) in [6, 6.07) is 13.2. The van der Waals surface area contributed by atoms with Crippen molar-refractivity contribution in [3.05, 3.63) is 58.9 Å². The third-order valence-electron chi connectivity index (χ3n) is 5.98. The number of morpholine rings is 1. The Bertz CT molecular complexity index is 846. The van der Waals surface area contributed by atoms with E-state index in [1.54, 1.807) is 7.05 Å². The van der Waals surface area contributed by atoms with Gasteiger partial charge in [-0.2, -0.15) is 0 Å². The monoisotopic (exact) mass is 394 g/mol. The van der Waals surface area contributed by atoms with Gasteiger partial charge < -0.3 is 15.0 Å². The first-order valence-corrected chi connectivity index (χ1v) is 10.5. The molecule has 29 heavy (non-hydrogen) atoms. The molecule has 154 valence electrons. The van der Waals surface area contributed by atoms with Crippen LogP contribution in [0.4, 0.5) is 5.69 Å². The molecule has 6 heteroatoms. The fourth-order valence-corrected chi connectivity index (χ4v) is 4.36. The van der Waals surface area contributed by atoms with Gasteiger partial charge in [-0.1, -0.05) is 12.1 Å². The number of anilines is 1. The number of amides is 1. The number of hydrogen-bond acceptors (Lipinski definition) is 5. The van der Waals surface area contributed by atoms with E-state index in [9.17, 15) is 4.79 Å². The van der Waals surface area contributed by atoms with Crippen LogP contribution in [0.2, 0.25) is 0 Å². The van der Waals surface area contributed by atoms with Crippen molar-refractivity contribution < 1.29 is 9.53 Å². The molecule has 2 fully saturated rings. The molecule has 1 amide bonds. The molecule has 1 aromatic heterocycles. The van der Waals surface area contributed by atoms with Crippen LogP contribution in [-0.2, 0) is 11.3 Å². The Morgan fingerprint density at radius 1 is 1.14 bits per heavy atom. The predicted octanol–water partition coefficient (Wildman–Crippen LogP) is 2.92. The lowest BCUT2D eigenvalue weighted by Crippen LogP contribution is -2.36. The molecular formula is C23H30N4O2. The molecule has 1 N–H and O–H groups in total. The average Bonchev–Trinajstić information content (AvgIpc) is 3.22. The Hall–Kier alpha value is -2.44. The summed E-state index contributed by atoms with van der Waals surface area (Å²) in [5.41, 5.74) is 5.12. The van der Waals surface area contributed by atoms with Crippen LogP contribution in [0.15, 0.2) is 36.4 Å². The van der Waals surface area contributed by atoms with Crippen molar-refractivity contribution >= 4 is 11.6 Å². The molecule has 0 saturated carbocycles. The number of rotatable bonds is 5. The predicted molar refractivity (Wildman–Crippen MR) is 114 cm³/mol. The molecule has 0 bridgehead atoms. The minimum absolute atomic E-state index is 0.0785. The fraction of sp³-hybridized carbons (Fsp3) is 0.478. The van der Waals surface area contributed by atoms with E-state index in [0.29, 0.717) is 11.6 Å². The molecular weight excluding hydrogens is 364 g/mol. The Labute approximate surface area is 172 Å². The molecule has 4 rings (SSSR count). The number of aryl methyl sites for hydroxylation is 1. The number of nitrogens with one attached hydrogen (secondary N) is 1. The molecule has 2 aliphatic heterocycles. The highest BCUT2D eigenvalue weighted by Crippen LogP contribution is 2.33. The molecule has 2 aromatic rings. The van der Waals surface area contributed by atoms with E-state index in [0.717, 1.165) is 57.2 Å². The van der Waals surface area contributed by atoms with Crippen molar-refractivity contribution in [2.75, 3.05) is 44.8 Å². The lowest BCUT2D eigenvalue weighted by atomic mass is 10.1. The maximum absolute atomic E-state index is 11.9. The zero-order valence-electron chi connectivity index (χ0n) is 17.4. The van der Waals surface area contributed by atoms with Gasteiger partial charge >= 0.3 is 0 Å². The second-order valence-corrected chi connectivity index (χ2v) is 7.84. The number of carbonyl (C=O) groups excluding carboxylic acids is 1. The summed E-state index contributed by atoms with van der Waals surface area (Å²) < 4.78 is 5.45. The van der Waals surface area contributed by atoms with Crippen LogP contribution in [0.1, 0.15) is 46.2 Å². The van der Waals surface area contributed by atoms with Crippen molar-refractivity contribution in [1.82, 2.24) is 15.2 Å². The molecule has 2 saturated heterocycles. The Balaban J connectivity index is 1.45. The number of ether oxygens (including phenoxy) is 1. The molecule has 1 atom stereocenters. The summed E-state index contributed by atoms with van der Waals surface area (Å²) in [7, 11) is 1.65. The summed E-state index contributed by atoms with van der Waals surface area (Å²) in [4.78, 5) is 21.6. The minimum atomic E-state index is -0.0785. The largest absolute Gasteiger partial charge is 0.378 e. The van der Waals surface area contributed by atoms with E-state index >= 15 is 0 Å². The van der Waals surface area contributed by atoms with Crippen molar-refractivity contribution in [3.63, 3.8) is 0 Å². The standard InChI is InChI=1S/C23H30N4O2/c1-17-20(23(28)24-2)9-10-21(25-17)22-4-3-11-27(22)16-18-5-7-19(8-6-18)26-12-14-29-15-13-26/h5-10,22H,3-4,11-16H2,1-2H3,(H,24,28). The SMILES string of the molecule is CNC(=O)c1ccc(C2CCCN2Cc2ccc(N3CCOCC3)cc2)nc1C. The highest BCUT2D eigenvalue weighted by atomic mass is 16.5. The summed E-state index contributed by atoms with van der Waals surface area (Å²) in [5, 5.41) is 2.68. The fourth-order valence-electron chi connectivity index (χ4n) is 4.36. The van der Waals surface area contributed by atoms with Gasteiger partial charge in [-0.05, 0) is 56.1 Å². The average molecular weight is 395 g/mol. The molecule has 6 nitrogen and oxygen atoms in total. The number of likely N-dealkylation sites (tertiary alicyclic amines) is 1. The number of aromatic nitrogens is 1. The number of nitrogens with zero attached hydrogens (tertiary/aromatic N) is 3. The van der Waals surface area contributed by atoms with E-state index in [1.807, 2.05) is 19.1 Å². The van der Waals surface area contributed by atoms with Crippen molar-refractivity contribution in [2.24, 2.45) is 0 Å². The quantitative estimate of drug-likeness (QED) is 0.845. The van der Waals surface area contributed by atoms with E-state index in [-0.39, 0.29) is 5.91 Å². The smallest absolute Gasteiger partial charge is 0.252 e. The molecule has 1 aromatic carbocycles. The lowest BCUT2D eigenvalue weighted by molar-refractivity contribution is 0.0962. The maximum atomic E-state index is 11.9. The van der Waals surface area contributed by atoms with E-state index in [2.05, 4.69) is 39.4 Å². The third kappa shape index (κ3) is 4.43. The van der Waals surface area contributed by atoms with Crippen LogP contribution in [-0.4, -0.2) is 55.7 Å². The molecule has 1 unspecified atom stereocenters. The maximum Gasteiger partial charge on any atom is 0.252 e. The van der Waals surface area contributed by atoms with Gasteiger partial charge in [0.1, 0.15) is 0 Å². The lowest BCUT2D eigenvalue weighted by Gasteiger charge is -2.29. The molecule has 0 spiro atoms. The van der Waals surface area contributed by atoms with Crippen LogP contribution in [0.25, 0.3) is 0 Å².